The molecule has 80 valence electrons. The minimum absolute atomic E-state index is 0.0171. The number of nitrogens with one attached hydrogen (secondary N) is 2. The molecule has 0 aliphatic heterocycles. The third kappa shape index (κ3) is 6.86. The molecule has 0 aliphatic rings. The zero-order chi connectivity index (χ0) is 11.7. The van der Waals surface area contributed by atoms with Gasteiger partial charge in [-0.05, 0) is 12.2 Å². The highest BCUT2D eigenvalue weighted by atomic mass is 16.3. The van der Waals surface area contributed by atoms with E-state index in [2.05, 4.69) is 29.5 Å². The first kappa shape index (κ1) is 12.7. The van der Waals surface area contributed by atoms with Crippen LogP contribution in [0.2, 0.25) is 0 Å². The van der Waals surface area contributed by atoms with Gasteiger partial charge in [0.05, 0.1) is 6.67 Å². The second kappa shape index (κ2) is 7.17. The summed E-state index contributed by atoms with van der Waals surface area (Å²) in [5.41, 5.74) is 2.27. The van der Waals surface area contributed by atoms with Gasteiger partial charge in [-0.15, -0.1) is 0 Å². The highest BCUT2D eigenvalue weighted by molar-refractivity contribution is 5.89. The molecule has 0 heterocycles. The van der Waals surface area contributed by atoms with Gasteiger partial charge in [0.15, 0.2) is 5.76 Å². The van der Waals surface area contributed by atoms with E-state index in [1.807, 2.05) is 0 Å². The molecule has 0 rings (SSSR count). The molecule has 15 heavy (non-hydrogen) atoms. The first-order valence-corrected chi connectivity index (χ1v) is 4.06. The Bertz CT molecular complexity index is 339. The molecule has 0 saturated heterocycles. The molecule has 2 amide bonds. The molecule has 0 unspecified atom stereocenters. The molecule has 0 spiro atoms. The molecule has 0 atom stereocenters. The van der Waals surface area contributed by atoms with E-state index >= 15 is 0 Å². The van der Waals surface area contributed by atoms with Crippen LogP contribution in [0.15, 0.2) is 42.9 Å². The molecule has 0 fully saturated rings. The van der Waals surface area contributed by atoms with Crippen LogP contribution in [-0.4, -0.2) is 23.6 Å². The highest BCUT2D eigenvalue weighted by Gasteiger charge is 1.95. The quantitative estimate of drug-likeness (QED) is 0.198. The van der Waals surface area contributed by atoms with E-state index in [1.165, 1.54) is 0 Å². The third-order valence-electron chi connectivity index (χ3n) is 1.26. The zero-order valence-electron chi connectivity index (χ0n) is 8.12. The standard InChI is InChI=1S/C10H12N2O3/c1-3-8(13)5-6-10(15)12-7-11-9(14)4-2/h3-4,6,13H,1-2,7H2,(H,11,14)(H,12,15). The Morgan fingerprint density at radius 3 is 2.33 bits per heavy atom. The maximum atomic E-state index is 11.0. The Morgan fingerprint density at radius 1 is 1.20 bits per heavy atom. The van der Waals surface area contributed by atoms with Crippen molar-refractivity contribution in [2.75, 3.05) is 6.67 Å². The lowest BCUT2D eigenvalue weighted by Gasteiger charge is -2.01. The van der Waals surface area contributed by atoms with Crippen molar-refractivity contribution in [3.8, 4) is 0 Å². The molecule has 0 aromatic rings. The van der Waals surface area contributed by atoms with Gasteiger partial charge >= 0.3 is 0 Å². The normalized spacial score (nSPS) is 8.00. The smallest absolute Gasteiger partial charge is 0.253 e. The Labute approximate surface area is 87.5 Å². The molecule has 0 radical (unpaired) electrons. The number of rotatable bonds is 5. The number of hydrogen-bond acceptors (Lipinski definition) is 3. The van der Waals surface area contributed by atoms with E-state index in [1.54, 1.807) is 0 Å². The summed E-state index contributed by atoms with van der Waals surface area (Å²) in [5, 5.41) is 13.5. The van der Waals surface area contributed by atoms with Crippen LogP contribution in [0.1, 0.15) is 0 Å². The Hall–Kier alpha value is -2.26. The molecule has 5 nitrogen and oxygen atoms in total. The van der Waals surface area contributed by atoms with Crippen LogP contribution in [0.5, 0.6) is 0 Å². The number of aliphatic hydroxyl groups is 1. The summed E-state index contributed by atoms with van der Waals surface area (Å²) in [4.78, 5) is 21.6. The largest absolute Gasteiger partial charge is 0.501 e. The van der Waals surface area contributed by atoms with Crippen molar-refractivity contribution in [3.05, 3.63) is 42.9 Å². The topological polar surface area (TPSA) is 78.4 Å². The van der Waals surface area contributed by atoms with Gasteiger partial charge in [0.2, 0.25) is 5.91 Å². The van der Waals surface area contributed by atoms with Crippen LogP contribution in [0.4, 0.5) is 0 Å². The fourth-order valence-corrected chi connectivity index (χ4v) is 0.540. The highest BCUT2D eigenvalue weighted by Crippen LogP contribution is 1.82. The predicted molar refractivity (Wildman–Crippen MR) is 55.8 cm³/mol. The average molecular weight is 208 g/mol. The lowest BCUT2D eigenvalue weighted by atomic mass is 10.4. The van der Waals surface area contributed by atoms with E-state index < -0.39 is 5.91 Å². The molecule has 0 saturated carbocycles. The van der Waals surface area contributed by atoms with E-state index in [0.717, 1.165) is 18.2 Å². The van der Waals surface area contributed by atoms with Crippen molar-refractivity contribution in [2.45, 2.75) is 0 Å². The third-order valence-corrected chi connectivity index (χ3v) is 1.26. The van der Waals surface area contributed by atoms with Gasteiger partial charge in [0.25, 0.3) is 5.91 Å². The van der Waals surface area contributed by atoms with E-state index in [9.17, 15) is 9.59 Å². The van der Waals surface area contributed by atoms with Gasteiger partial charge in [-0.25, -0.2) is 0 Å². The number of carbonyl (C=O) groups is 2. The fourth-order valence-electron chi connectivity index (χ4n) is 0.540. The van der Waals surface area contributed by atoms with Crippen LogP contribution in [0.25, 0.3) is 0 Å². The van der Waals surface area contributed by atoms with Crippen LogP contribution in [0.3, 0.4) is 0 Å². The Balaban J connectivity index is 3.96. The Kier molecular flexibility index (Phi) is 6.09. The number of amides is 2. The number of carbonyl (C=O) groups excluding carboxylic acids is 2. The maximum absolute atomic E-state index is 11.0. The van der Waals surface area contributed by atoms with Gasteiger partial charge in [-0.3, -0.25) is 9.59 Å². The minimum Gasteiger partial charge on any atom is -0.501 e. The molecule has 0 bridgehead atoms. The van der Waals surface area contributed by atoms with Crippen LogP contribution < -0.4 is 10.6 Å². The van der Waals surface area contributed by atoms with Gasteiger partial charge in [0, 0.05) is 6.08 Å². The lowest BCUT2D eigenvalue weighted by molar-refractivity contribution is -0.118. The number of hydrogen-bond donors (Lipinski definition) is 3. The zero-order valence-corrected chi connectivity index (χ0v) is 8.12. The second-order valence-electron chi connectivity index (χ2n) is 2.34. The average Bonchev–Trinajstić information content (AvgIpc) is 2.25. The summed E-state index contributed by atoms with van der Waals surface area (Å²) < 4.78 is 0. The minimum atomic E-state index is -0.493. The Morgan fingerprint density at radius 2 is 1.80 bits per heavy atom. The summed E-state index contributed by atoms with van der Waals surface area (Å²) in [6, 6.07) is 0. The monoisotopic (exact) mass is 208 g/mol. The van der Waals surface area contributed by atoms with Crippen molar-refractivity contribution in [1.82, 2.24) is 10.6 Å². The summed E-state index contributed by atoms with van der Waals surface area (Å²) in [5.74, 6) is -1.11. The van der Waals surface area contributed by atoms with Crippen LogP contribution >= 0.6 is 0 Å². The predicted octanol–water partition coefficient (Wildman–Crippen LogP) is 0.145. The molecule has 0 aromatic heterocycles. The molecular weight excluding hydrogens is 196 g/mol. The second-order valence-corrected chi connectivity index (χ2v) is 2.34. The summed E-state index contributed by atoms with van der Waals surface area (Å²) in [6.07, 6.45) is 3.23. The van der Waals surface area contributed by atoms with E-state index in [0.29, 0.717) is 0 Å². The van der Waals surface area contributed by atoms with Crippen molar-refractivity contribution >= 4 is 11.8 Å². The van der Waals surface area contributed by atoms with Gasteiger partial charge < -0.3 is 15.7 Å². The molecule has 5 heteroatoms. The van der Waals surface area contributed by atoms with Gasteiger partial charge in [0.1, 0.15) is 0 Å². The van der Waals surface area contributed by atoms with Crippen molar-refractivity contribution in [1.29, 1.82) is 0 Å². The first-order chi connectivity index (χ1) is 7.10. The SMILES string of the molecule is C=CC(=O)NCNC(=O)C=C=C(O)C=C. The van der Waals surface area contributed by atoms with E-state index in [-0.39, 0.29) is 18.3 Å². The molecule has 0 aliphatic carbocycles. The van der Waals surface area contributed by atoms with Gasteiger partial charge in [-0.1, -0.05) is 18.9 Å². The molecule has 0 aromatic carbocycles. The number of aliphatic hydroxyl groups excluding tert-OH is 1. The van der Waals surface area contributed by atoms with Crippen LogP contribution in [0, 0.1) is 0 Å². The summed E-state index contributed by atoms with van der Waals surface area (Å²) in [6.45, 7) is 6.49. The van der Waals surface area contributed by atoms with Crippen molar-refractivity contribution in [3.63, 3.8) is 0 Å². The van der Waals surface area contributed by atoms with Crippen molar-refractivity contribution in [2.24, 2.45) is 0 Å². The maximum Gasteiger partial charge on any atom is 0.253 e. The molecular formula is C10H12N2O3. The lowest BCUT2D eigenvalue weighted by Crippen LogP contribution is -2.35. The summed E-state index contributed by atoms with van der Waals surface area (Å²) >= 11 is 0. The summed E-state index contributed by atoms with van der Waals surface area (Å²) in [7, 11) is 0. The van der Waals surface area contributed by atoms with Crippen molar-refractivity contribution < 1.29 is 14.7 Å². The fraction of sp³-hybridized carbons (Fsp3) is 0.100. The molecule has 3 N–H and O–H groups in total. The van der Waals surface area contributed by atoms with E-state index in [4.69, 9.17) is 5.11 Å². The first-order valence-electron chi connectivity index (χ1n) is 4.06. The van der Waals surface area contributed by atoms with Crippen LogP contribution in [-0.2, 0) is 9.59 Å². The van der Waals surface area contributed by atoms with Gasteiger partial charge in [-0.2, -0.15) is 0 Å².